The summed E-state index contributed by atoms with van der Waals surface area (Å²) in [5.74, 6) is 0.650. The third-order valence-electron chi connectivity index (χ3n) is 4.54. The number of rotatable bonds is 9. The standard InChI is InChI=1S/C19H32N4O3S.HI/c1-3-26-15-9-12-21-19(20-2)22-16-17-10-5-6-11-18(17)27(24,25)23-13-7-4-8-14-23;/h5-6,10-11H,3-4,7-9,12-16H2,1-2H3,(H2,20,21,22);1H. The zero-order valence-corrected chi connectivity index (χ0v) is 20.0. The first-order chi connectivity index (χ1) is 13.1. The summed E-state index contributed by atoms with van der Waals surface area (Å²) in [6.07, 6.45) is 3.84. The maximum atomic E-state index is 13.0. The van der Waals surface area contributed by atoms with Crippen molar-refractivity contribution in [3.05, 3.63) is 29.8 Å². The van der Waals surface area contributed by atoms with Crippen molar-refractivity contribution in [3.63, 3.8) is 0 Å². The number of hydrogen-bond acceptors (Lipinski definition) is 4. The monoisotopic (exact) mass is 524 g/mol. The molecule has 1 heterocycles. The molecule has 1 aromatic carbocycles. The highest BCUT2D eigenvalue weighted by atomic mass is 127. The quantitative estimate of drug-likeness (QED) is 0.225. The molecule has 0 aliphatic carbocycles. The van der Waals surface area contributed by atoms with Crippen molar-refractivity contribution < 1.29 is 13.2 Å². The second kappa shape index (κ2) is 13.3. The molecule has 0 spiro atoms. The van der Waals surface area contributed by atoms with E-state index in [2.05, 4.69) is 15.6 Å². The van der Waals surface area contributed by atoms with E-state index in [0.29, 0.717) is 37.1 Å². The Labute approximate surface area is 186 Å². The smallest absolute Gasteiger partial charge is 0.243 e. The molecular formula is C19H33IN4O3S. The first kappa shape index (κ1) is 25.1. The Morgan fingerprint density at radius 3 is 2.57 bits per heavy atom. The molecule has 0 aromatic heterocycles. The van der Waals surface area contributed by atoms with Gasteiger partial charge in [-0.25, -0.2) is 8.42 Å². The lowest BCUT2D eigenvalue weighted by Crippen LogP contribution is -2.39. The number of aliphatic imine (C=N–C) groups is 1. The van der Waals surface area contributed by atoms with Crippen LogP contribution in [0.2, 0.25) is 0 Å². The Morgan fingerprint density at radius 1 is 1.18 bits per heavy atom. The van der Waals surface area contributed by atoms with Crippen molar-refractivity contribution in [2.24, 2.45) is 4.99 Å². The number of nitrogens with one attached hydrogen (secondary N) is 2. The predicted octanol–water partition coefficient (Wildman–Crippen LogP) is 2.57. The van der Waals surface area contributed by atoms with Gasteiger partial charge in [-0.3, -0.25) is 4.99 Å². The fraction of sp³-hybridized carbons (Fsp3) is 0.632. The van der Waals surface area contributed by atoms with Crippen molar-refractivity contribution in [2.45, 2.75) is 44.0 Å². The molecule has 2 N–H and O–H groups in total. The van der Waals surface area contributed by atoms with Crippen LogP contribution in [0.5, 0.6) is 0 Å². The summed E-state index contributed by atoms with van der Waals surface area (Å²) < 4.78 is 33.0. The van der Waals surface area contributed by atoms with Crippen LogP contribution in [-0.4, -0.2) is 58.6 Å². The van der Waals surface area contributed by atoms with E-state index in [1.54, 1.807) is 23.5 Å². The molecule has 0 bridgehead atoms. The van der Waals surface area contributed by atoms with E-state index >= 15 is 0 Å². The van der Waals surface area contributed by atoms with Gasteiger partial charge in [-0.15, -0.1) is 24.0 Å². The van der Waals surface area contributed by atoms with Gasteiger partial charge in [0.05, 0.1) is 4.90 Å². The van der Waals surface area contributed by atoms with E-state index in [1.165, 1.54) is 0 Å². The van der Waals surface area contributed by atoms with E-state index in [-0.39, 0.29) is 24.0 Å². The molecule has 9 heteroatoms. The lowest BCUT2D eigenvalue weighted by atomic mass is 10.2. The van der Waals surface area contributed by atoms with Crippen molar-refractivity contribution in [1.29, 1.82) is 0 Å². The summed E-state index contributed by atoms with van der Waals surface area (Å²) >= 11 is 0. The van der Waals surface area contributed by atoms with Crippen LogP contribution in [0.1, 0.15) is 38.2 Å². The van der Waals surface area contributed by atoms with Gasteiger partial charge in [0.2, 0.25) is 10.0 Å². The Morgan fingerprint density at radius 2 is 1.89 bits per heavy atom. The Balaban J connectivity index is 0.00000392. The van der Waals surface area contributed by atoms with Gasteiger partial charge in [-0.05, 0) is 37.8 Å². The number of sulfonamides is 1. The largest absolute Gasteiger partial charge is 0.382 e. The number of hydrogen-bond donors (Lipinski definition) is 2. The van der Waals surface area contributed by atoms with Gasteiger partial charge in [0.1, 0.15) is 0 Å². The van der Waals surface area contributed by atoms with Crippen molar-refractivity contribution in [2.75, 3.05) is 39.9 Å². The third kappa shape index (κ3) is 7.49. The molecule has 2 rings (SSSR count). The Hall–Kier alpha value is -0.910. The van der Waals surface area contributed by atoms with E-state index in [0.717, 1.165) is 44.4 Å². The summed E-state index contributed by atoms with van der Waals surface area (Å²) in [6, 6.07) is 7.19. The van der Waals surface area contributed by atoms with Gasteiger partial charge in [0.15, 0.2) is 5.96 Å². The molecule has 0 amide bonds. The molecular weight excluding hydrogens is 491 g/mol. The number of guanidine groups is 1. The normalized spacial score (nSPS) is 15.7. The highest BCUT2D eigenvalue weighted by Crippen LogP contribution is 2.23. The zero-order valence-electron chi connectivity index (χ0n) is 16.8. The van der Waals surface area contributed by atoms with Crippen LogP contribution in [0.15, 0.2) is 34.2 Å². The summed E-state index contributed by atoms with van der Waals surface area (Å²) in [4.78, 5) is 4.58. The molecule has 7 nitrogen and oxygen atoms in total. The molecule has 1 aliphatic rings. The van der Waals surface area contributed by atoms with Gasteiger partial charge >= 0.3 is 0 Å². The van der Waals surface area contributed by atoms with Crippen molar-refractivity contribution >= 4 is 40.0 Å². The average Bonchev–Trinajstić information content (AvgIpc) is 2.71. The first-order valence-corrected chi connectivity index (χ1v) is 11.1. The minimum atomic E-state index is -3.46. The second-order valence-electron chi connectivity index (χ2n) is 6.48. The first-order valence-electron chi connectivity index (χ1n) is 9.70. The number of ether oxygens (including phenoxy) is 1. The van der Waals surface area contributed by atoms with Crippen molar-refractivity contribution in [1.82, 2.24) is 14.9 Å². The number of nitrogens with zero attached hydrogens (tertiary/aromatic N) is 2. The van der Waals surface area contributed by atoms with E-state index in [9.17, 15) is 8.42 Å². The molecule has 1 aliphatic heterocycles. The Bertz CT molecular complexity index is 707. The van der Waals surface area contributed by atoms with Crippen LogP contribution in [0.25, 0.3) is 0 Å². The number of halogens is 1. The molecule has 1 aromatic rings. The van der Waals surface area contributed by atoms with Gasteiger partial charge in [0.25, 0.3) is 0 Å². The van der Waals surface area contributed by atoms with Gasteiger partial charge in [-0.2, -0.15) is 4.31 Å². The van der Waals surface area contributed by atoms with Crippen LogP contribution in [0.3, 0.4) is 0 Å². The fourth-order valence-electron chi connectivity index (χ4n) is 3.07. The summed E-state index contributed by atoms with van der Waals surface area (Å²) in [7, 11) is -1.76. The molecule has 28 heavy (non-hydrogen) atoms. The van der Waals surface area contributed by atoms with E-state index < -0.39 is 10.0 Å². The minimum absolute atomic E-state index is 0. The maximum absolute atomic E-state index is 13.0. The van der Waals surface area contributed by atoms with Crippen molar-refractivity contribution in [3.8, 4) is 0 Å². The highest BCUT2D eigenvalue weighted by molar-refractivity contribution is 14.0. The molecule has 1 saturated heterocycles. The maximum Gasteiger partial charge on any atom is 0.243 e. The SMILES string of the molecule is CCOCCCNC(=NC)NCc1ccccc1S(=O)(=O)N1CCCCC1.I. The Kier molecular flexibility index (Phi) is 12.0. The lowest BCUT2D eigenvalue weighted by Gasteiger charge is -2.27. The zero-order chi connectivity index (χ0) is 19.5. The molecule has 0 atom stereocenters. The van der Waals surface area contributed by atoms with Crippen LogP contribution in [0.4, 0.5) is 0 Å². The number of benzene rings is 1. The van der Waals surface area contributed by atoms with Crippen LogP contribution < -0.4 is 10.6 Å². The molecule has 0 unspecified atom stereocenters. The number of piperidine rings is 1. The fourth-order valence-corrected chi connectivity index (χ4v) is 4.81. The molecule has 0 radical (unpaired) electrons. The summed E-state index contributed by atoms with van der Waals surface area (Å²) in [5.41, 5.74) is 0.750. The highest BCUT2D eigenvalue weighted by Gasteiger charge is 2.27. The topological polar surface area (TPSA) is 83.0 Å². The molecule has 160 valence electrons. The predicted molar refractivity (Wildman–Crippen MR) is 124 cm³/mol. The minimum Gasteiger partial charge on any atom is -0.382 e. The third-order valence-corrected chi connectivity index (χ3v) is 6.54. The van der Waals surface area contributed by atoms with Gasteiger partial charge in [-0.1, -0.05) is 24.6 Å². The van der Waals surface area contributed by atoms with Crippen LogP contribution in [-0.2, 0) is 21.3 Å². The second-order valence-corrected chi connectivity index (χ2v) is 8.38. The summed E-state index contributed by atoms with van der Waals surface area (Å²) in [5, 5.41) is 6.43. The van der Waals surface area contributed by atoms with E-state index in [1.807, 2.05) is 19.1 Å². The van der Waals surface area contributed by atoms with Gasteiger partial charge < -0.3 is 15.4 Å². The summed E-state index contributed by atoms with van der Waals surface area (Å²) in [6.45, 7) is 5.75. The molecule has 0 saturated carbocycles. The average molecular weight is 524 g/mol. The van der Waals surface area contributed by atoms with Gasteiger partial charge in [0, 0.05) is 46.4 Å². The van der Waals surface area contributed by atoms with Crippen LogP contribution in [0, 0.1) is 0 Å². The lowest BCUT2D eigenvalue weighted by molar-refractivity contribution is 0.145. The van der Waals surface area contributed by atoms with E-state index in [4.69, 9.17) is 4.74 Å². The van der Waals surface area contributed by atoms with Crippen LogP contribution >= 0.6 is 24.0 Å². The molecule has 1 fully saturated rings.